The van der Waals surface area contributed by atoms with Crippen molar-refractivity contribution in [1.82, 2.24) is 0 Å². The molecule has 0 radical (unpaired) electrons. The number of carbonyl (C=O) groups is 2. The average molecular weight is 733 g/mol. The van der Waals surface area contributed by atoms with Gasteiger partial charge in [-0.25, -0.2) is 4.57 Å². The molecule has 0 rings (SSSR count). The molecule has 0 heterocycles. The van der Waals surface area contributed by atoms with E-state index in [-0.39, 0.29) is 19.4 Å². The Balaban J connectivity index is 4.07. The molecular weight excluding hydrogens is 663 g/mol. The summed E-state index contributed by atoms with van der Waals surface area (Å²) in [5, 5.41) is 0. The highest BCUT2D eigenvalue weighted by molar-refractivity contribution is 7.46. The molecule has 0 fully saturated rings. The van der Waals surface area contributed by atoms with E-state index in [4.69, 9.17) is 19.3 Å². The molecule has 0 aliphatic heterocycles. The summed E-state index contributed by atoms with van der Waals surface area (Å²) in [6.45, 7) is 3.47. The molecule has 2 N–H and O–H groups in total. The van der Waals surface area contributed by atoms with Gasteiger partial charge >= 0.3 is 19.8 Å². The van der Waals surface area contributed by atoms with Gasteiger partial charge in [0, 0.05) is 12.8 Å². The Morgan fingerprint density at radius 3 is 1.43 bits per heavy atom. The average Bonchev–Trinajstić information content (AvgIpc) is 3.10. The molecule has 0 aromatic carbocycles. The van der Waals surface area contributed by atoms with Gasteiger partial charge in [-0.1, -0.05) is 137 Å². The molecule has 0 aromatic heterocycles. The maximum atomic E-state index is 12.4. The highest BCUT2D eigenvalue weighted by Gasteiger charge is 2.22. The lowest BCUT2D eigenvalue weighted by molar-refractivity contribution is -0.161. The zero-order chi connectivity index (χ0) is 37.5. The lowest BCUT2D eigenvalue weighted by Gasteiger charge is -2.18. The Morgan fingerprint density at radius 2 is 0.941 bits per heavy atom. The van der Waals surface area contributed by atoms with E-state index >= 15 is 0 Å². The summed E-state index contributed by atoms with van der Waals surface area (Å²) < 4.78 is 26.3. The van der Waals surface area contributed by atoms with Crippen LogP contribution in [0.4, 0.5) is 0 Å². The lowest BCUT2D eigenvalue weighted by Crippen LogP contribution is -2.29. The van der Waals surface area contributed by atoms with Crippen LogP contribution in [0.15, 0.2) is 85.1 Å². The lowest BCUT2D eigenvalue weighted by atomic mass is 10.1. The number of hydrogen-bond acceptors (Lipinski definition) is 6. The van der Waals surface area contributed by atoms with Gasteiger partial charge in [0.25, 0.3) is 0 Å². The van der Waals surface area contributed by atoms with Gasteiger partial charge in [0.15, 0.2) is 6.10 Å². The van der Waals surface area contributed by atoms with E-state index < -0.39 is 32.5 Å². The van der Waals surface area contributed by atoms with Gasteiger partial charge in [0.2, 0.25) is 0 Å². The van der Waals surface area contributed by atoms with E-state index in [1.165, 1.54) is 12.8 Å². The largest absolute Gasteiger partial charge is 0.469 e. The maximum Gasteiger partial charge on any atom is 0.469 e. The second kappa shape index (κ2) is 37.0. The van der Waals surface area contributed by atoms with Crippen LogP contribution in [0, 0.1) is 0 Å². The van der Waals surface area contributed by atoms with Gasteiger partial charge in [-0.3, -0.25) is 14.1 Å². The highest BCUT2D eigenvalue weighted by atomic mass is 31.2. The van der Waals surface area contributed by atoms with Crippen LogP contribution in [-0.4, -0.2) is 41.0 Å². The molecule has 0 saturated carbocycles. The Hall–Kier alpha value is -2.77. The molecule has 0 spiro atoms. The summed E-state index contributed by atoms with van der Waals surface area (Å²) in [5.74, 6) is -0.948. The molecule has 0 bridgehead atoms. The SMILES string of the molecule is CC/C=C/C/C=C/C/C=C/C/C=C/C/C=C/CCCCCC(=O)OC[C@H](COP(=O)(O)O)OC(=O)CCCCCCC/C=C/C/C=C/CCCC. The van der Waals surface area contributed by atoms with E-state index in [1.807, 2.05) is 0 Å². The quantitative estimate of drug-likeness (QED) is 0.0290. The number of esters is 2. The van der Waals surface area contributed by atoms with Gasteiger partial charge in [-0.2, -0.15) is 0 Å². The predicted molar refractivity (Wildman–Crippen MR) is 211 cm³/mol. The molecule has 51 heavy (non-hydrogen) atoms. The summed E-state index contributed by atoms with van der Waals surface area (Å²) in [6, 6.07) is 0. The molecule has 0 amide bonds. The molecule has 1 atom stereocenters. The predicted octanol–water partition coefficient (Wildman–Crippen LogP) is 11.7. The van der Waals surface area contributed by atoms with Crippen LogP contribution < -0.4 is 0 Å². The van der Waals surface area contributed by atoms with Crippen LogP contribution in [0.25, 0.3) is 0 Å². The standard InChI is InChI=1S/C42H69O8P/c1-3-5-7-9-11-13-15-17-19-20-21-22-23-25-26-28-30-32-34-36-41(43)48-38-40(39-49-51(45,46)47)50-42(44)37-35-33-31-29-27-24-18-16-14-12-10-8-6-4-2/h5,7,10-13,16-19,21-22,25-26,40H,3-4,6,8-9,14-15,20,23-24,27-39H2,1-2H3,(H2,45,46,47)/b7-5+,12-10+,13-11+,18-16+,19-17+,22-21+,26-25+/t40-/m1/s1. The van der Waals surface area contributed by atoms with E-state index in [0.29, 0.717) is 12.8 Å². The first-order chi connectivity index (χ1) is 24.8. The number of carbonyl (C=O) groups excluding carboxylic acids is 2. The number of ether oxygens (including phenoxy) is 2. The van der Waals surface area contributed by atoms with Crippen molar-refractivity contribution < 1.29 is 37.9 Å². The van der Waals surface area contributed by atoms with Crippen LogP contribution in [-0.2, 0) is 28.2 Å². The maximum absolute atomic E-state index is 12.4. The van der Waals surface area contributed by atoms with Gasteiger partial charge in [-0.05, 0) is 83.5 Å². The number of rotatable bonds is 34. The minimum Gasteiger partial charge on any atom is -0.462 e. The Morgan fingerprint density at radius 1 is 0.529 bits per heavy atom. The number of phosphoric acid groups is 1. The fraction of sp³-hybridized carbons (Fsp3) is 0.619. The zero-order valence-corrected chi connectivity index (χ0v) is 32.6. The number of phosphoric ester groups is 1. The molecule has 0 aliphatic rings. The van der Waals surface area contributed by atoms with Crippen molar-refractivity contribution in [2.24, 2.45) is 0 Å². The van der Waals surface area contributed by atoms with E-state index in [1.54, 1.807) is 0 Å². The molecule has 0 aliphatic carbocycles. The monoisotopic (exact) mass is 732 g/mol. The Bertz CT molecular complexity index is 1100. The minimum atomic E-state index is -4.77. The Labute approximate surface area is 310 Å². The second-order valence-corrected chi connectivity index (χ2v) is 13.8. The summed E-state index contributed by atoms with van der Waals surface area (Å²) in [5.41, 5.74) is 0. The number of unbranched alkanes of at least 4 members (excludes halogenated alkanes) is 10. The molecule has 290 valence electrons. The van der Waals surface area contributed by atoms with Crippen molar-refractivity contribution in [2.45, 2.75) is 155 Å². The summed E-state index contributed by atoms with van der Waals surface area (Å²) in [4.78, 5) is 42.7. The van der Waals surface area contributed by atoms with Crippen molar-refractivity contribution in [2.75, 3.05) is 13.2 Å². The third kappa shape index (κ3) is 39.9. The molecule has 0 saturated heterocycles. The van der Waals surface area contributed by atoms with Crippen molar-refractivity contribution in [3.8, 4) is 0 Å². The van der Waals surface area contributed by atoms with Gasteiger partial charge in [0.1, 0.15) is 6.61 Å². The van der Waals surface area contributed by atoms with Crippen LogP contribution in [0.2, 0.25) is 0 Å². The van der Waals surface area contributed by atoms with Crippen molar-refractivity contribution in [3.05, 3.63) is 85.1 Å². The summed E-state index contributed by atoms with van der Waals surface area (Å²) >= 11 is 0. The second-order valence-electron chi connectivity index (χ2n) is 12.5. The molecular formula is C42H69O8P. The highest BCUT2D eigenvalue weighted by Crippen LogP contribution is 2.36. The fourth-order valence-electron chi connectivity index (χ4n) is 4.77. The summed E-state index contributed by atoms with van der Waals surface area (Å²) in [7, 11) is -4.77. The minimum absolute atomic E-state index is 0.183. The summed E-state index contributed by atoms with van der Waals surface area (Å²) in [6.07, 6.45) is 48.7. The molecule has 8 nitrogen and oxygen atoms in total. The third-order valence-corrected chi connectivity index (χ3v) is 8.13. The van der Waals surface area contributed by atoms with Crippen molar-refractivity contribution in [1.29, 1.82) is 0 Å². The first kappa shape index (κ1) is 48.2. The van der Waals surface area contributed by atoms with Crippen LogP contribution >= 0.6 is 7.82 Å². The van der Waals surface area contributed by atoms with E-state index in [2.05, 4.69) is 103 Å². The number of hydrogen-bond donors (Lipinski definition) is 2. The first-order valence-corrected chi connectivity index (χ1v) is 20.9. The third-order valence-electron chi connectivity index (χ3n) is 7.65. The zero-order valence-electron chi connectivity index (χ0n) is 31.7. The van der Waals surface area contributed by atoms with Crippen molar-refractivity contribution >= 4 is 19.8 Å². The van der Waals surface area contributed by atoms with E-state index in [9.17, 15) is 14.2 Å². The van der Waals surface area contributed by atoms with Gasteiger partial charge < -0.3 is 19.3 Å². The fourth-order valence-corrected chi connectivity index (χ4v) is 5.13. The van der Waals surface area contributed by atoms with Crippen LogP contribution in [0.5, 0.6) is 0 Å². The topological polar surface area (TPSA) is 119 Å². The van der Waals surface area contributed by atoms with Crippen LogP contribution in [0.1, 0.15) is 149 Å². The molecule has 0 aromatic rings. The number of allylic oxidation sites excluding steroid dienone is 14. The Kier molecular flexibility index (Phi) is 35.0. The normalized spacial score (nSPS) is 13.4. The van der Waals surface area contributed by atoms with E-state index in [0.717, 1.165) is 96.3 Å². The van der Waals surface area contributed by atoms with Gasteiger partial charge in [0.05, 0.1) is 6.61 Å². The van der Waals surface area contributed by atoms with Crippen LogP contribution in [0.3, 0.4) is 0 Å². The van der Waals surface area contributed by atoms with Gasteiger partial charge in [-0.15, -0.1) is 0 Å². The smallest absolute Gasteiger partial charge is 0.462 e. The molecule has 9 heteroatoms. The molecule has 0 unspecified atom stereocenters. The van der Waals surface area contributed by atoms with Crippen molar-refractivity contribution in [3.63, 3.8) is 0 Å². The first-order valence-electron chi connectivity index (χ1n) is 19.4.